The van der Waals surface area contributed by atoms with Crippen LogP contribution in [0.15, 0.2) is 4.79 Å². The molecule has 0 aliphatic carbocycles. The van der Waals surface area contributed by atoms with Crippen molar-refractivity contribution in [2.45, 2.75) is 52.6 Å². The molecule has 0 radical (unpaired) electrons. The van der Waals surface area contributed by atoms with Crippen LogP contribution in [0.3, 0.4) is 0 Å². The number of fused-ring (bicyclic) bond motifs is 2. The largest absolute Gasteiger partial charge is 0.337 e. The van der Waals surface area contributed by atoms with Crippen molar-refractivity contribution < 1.29 is 4.79 Å². The summed E-state index contributed by atoms with van der Waals surface area (Å²) in [5, 5.41) is 0.618. The topological polar surface area (TPSA) is 81.2 Å². The minimum Gasteiger partial charge on any atom is -0.337 e. The summed E-state index contributed by atoms with van der Waals surface area (Å²) in [6.45, 7) is 8.12. The summed E-state index contributed by atoms with van der Waals surface area (Å²) < 4.78 is 1.76. The monoisotopic (exact) mass is 396 g/mol. The maximum Gasteiger partial charge on any atom is 0.264 e. The zero-order valence-corrected chi connectivity index (χ0v) is 17.0. The molecule has 2 aromatic rings. The van der Waals surface area contributed by atoms with Crippen LogP contribution in [0.4, 0.5) is 0 Å². The van der Waals surface area contributed by atoms with Crippen molar-refractivity contribution in [3.8, 4) is 0 Å². The van der Waals surface area contributed by atoms with Gasteiger partial charge in [-0.1, -0.05) is 13.8 Å². The first-order valence-corrected chi connectivity index (χ1v) is 9.69. The van der Waals surface area contributed by atoms with Crippen LogP contribution in [0.5, 0.6) is 0 Å². The molecular weight excluding hydrogens is 372 g/mol. The number of piperidine rings is 1. The number of aryl methyl sites for hydroxylation is 2. The molecule has 8 heteroatoms. The maximum absolute atomic E-state index is 13.1. The van der Waals surface area contributed by atoms with Gasteiger partial charge < -0.3 is 10.6 Å². The van der Waals surface area contributed by atoms with E-state index < -0.39 is 0 Å². The molecule has 1 saturated heterocycles. The van der Waals surface area contributed by atoms with Crippen molar-refractivity contribution in [1.29, 1.82) is 0 Å². The number of halogens is 1. The van der Waals surface area contributed by atoms with Gasteiger partial charge in [0, 0.05) is 32.1 Å². The standard InChI is InChI=1S/C18H24N4O2S.ClH/c1-10-13-15(20-12-5-4-7-22(12)16(13)23)25-14(10)17(24)21-8-6-11(19)18(2,3)9-21;/h11H,4-9,19H2,1-3H3;1H. The third kappa shape index (κ3) is 2.86. The van der Waals surface area contributed by atoms with E-state index in [2.05, 4.69) is 18.8 Å². The Balaban J connectivity index is 0.00000196. The van der Waals surface area contributed by atoms with Crippen LogP contribution in [0.25, 0.3) is 10.2 Å². The van der Waals surface area contributed by atoms with Crippen molar-refractivity contribution in [3.63, 3.8) is 0 Å². The SMILES string of the molecule is Cc1c(C(=O)N2CCC(N)C(C)(C)C2)sc2nc3n(c(=O)c12)CCC3.Cl. The molecule has 0 bridgehead atoms. The molecule has 2 aliphatic rings. The van der Waals surface area contributed by atoms with Gasteiger partial charge in [-0.25, -0.2) is 4.98 Å². The molecule has 1 atom stereocenters. The first kappa shape index (κ1) is 19.3. The van der Waals surface area contributed by atoms with Gasteiger partial charge in [0.05, 0.1) is 10.3 Å². The van der Waals surface area contributed by atoms with Gasteiger partial charge in [0.1, 0.15) is 10.7 Å². The smallest absolute Gasteiger partial charge is 0.264 e. The number of rotatable bonds is 1. The van der Waals surface area contributed by atoms with E-state index in [4.69, 9.17) is 5.73 Å². The number of nitrogens with two attached hydrogens (primary N) is 1. The van der Waals surface area contributed by atoms with Gasteiger partial charge in [-0.15, -0.1) is 23.7 Å². The van der Waals surface area contributed by atoms with Crippen LogP contribution in [0.1, 0.15) is 47.7 Å². The van der Waals surface area contributed by atoms with Gasteiger partial charge in [-0.3, -0.25) is 14.2 Å². The molecule has 142 valence electrons. The number of aromatic nitrogens is 2. The number of carbonyl (C=O) groups is 1. The second-order valence-electron chi connectivity index (χ2n) is 7.94. The number of thiophene rings is 1. The van der Waals surface area contributed by atoms with Gasteiger partial charge in [0.2, 0.25) is 0 Å². The lowest BCUT2D eigenvalue weighted by Crippen LogP contribution is -2.53. The van der Waals surface area contributed by atoms with Crippen LogP contribution in [0.2, 0.25) is 0 Å². The van der Waals surface area contributed by atoms with Crippen LogP contribution in [-0.4, -0.2) is 39.5 Å². The summed E-state index contributed by atoms with van der Waals surface area (Å²) in [4.78, 5) is 33.8. The maximum atomic E-state index is 13.1. The number of likely N-dealkylation sites (tertiary alicyclic amines) is 1. The average molecular weight is 397 g/mol. The third-order valence-corrected chi connectivity index (χ3v) is 6.88. The Labute approximate surface area is 162 Å². The zero-order chi connectivity index (χ0) is 17.9. The first-order valence-electron chi connectivity index (χ1n) is 8.87. The first-order chi connectivity index (χ1) is 11.8. The van der Waals surface area contributed by atoms with Crippen molar-refractivity contribution in [2.75, 3.05) is 13.1 Å². The predicted octanol–water partition coefficient (Wildman–Crippen LogP) is 2.33. The summed E-state index contributed by atoms with van der Waals surface area (Å²) in [6, 6.07) is 0.106. The van der Waals surface area contributed by atoms with E-state index in [1.807, 2.05) is 11.8 Å². The van der Waals surface area contributed by atoms with Crippen molar-refractivity contribution in [1.82, 2.24) is 14.5 Å². The molecular formula is C18H25ClN4O2S. The van der Waals surface area contributed by atoms with E-state index in [0.29, 0.717) is 28.2 Å². The fourth-order valence-corrected chi connectivity index (χ4v) is 5.13. The number of carbonyl (C=O) groups excluding carboxylic acids is 1. The number of amides is 1. The Morgan fingerprint density at radius 3 is 2.77 bits per heavy atom. The Hall–Kier alpha value is -1.44. The summed E-state index contributed by atoms with van der Waals surface area (Å²) in [5.41, 5.74) is 6.87. The quantitative estimate of drug-likeness (QED) is 0.802. The van der Waals surface area contributed by atoms with E-state index in [1.165, 1.54) is 11.3 Å². The molecule has 1 unspecified atom stereocenters. The molecule has 0 spiro atoms. The fraction of sp³-hybridized carbons (Fsp3) is 0.611. The normalized spacial score (nSPS) is 21.5. The second kappa shape index (κ2) is 6.62. The van der Waals surface area contributed by atoms with Gasteiger partial charge in [0.15, 0.2) is 0 Å². The molecule has 0 aromatic carbocycles. The molecule has 1 amide bonds. The van der Waals surface area contributed by atoms with E-state index >= 15 is 0 Å². The molecule has 6 nitrogen and oxygen atoms in total. The highest BCUT2D eigenvalue weighted by Crippen LogP contribution is 2.33. The Bertz CT molecular complexity index is 933. The van der Waals surface area contributed by atoms with Crippen LogP contribution < -0.4 is 11.3 Å². The average Bonchev–Trinajstić information content (AvgIpc) is 3.14. The minimum absolute atomic E-state index is 0. The van der Waals surface area contributed by atoms with E-state index in [0.717, 1.165) is 37.2 Å². The van der Waals surface area contributed by atoms with E-state index in [-0.39, 0.29) is 35.3 Å². The fourth-order valence-electron chi connectivity index (χ4n) is 3.97. The highest BCUT2D eigenvalue weighted by Gasteiger charge is 2.36. The highest BCUT2D eigenvalue weighted by atomic mass is 35.5. The van der Waals surface area contributed by atoms with Gasteiger partial charge >= 0.3 is 0 Å². The zero-order valence-electron chi connectivity index (χ0n) is 15.4. The Kier molecular flexibility index (Phi) is 4.92. The summed E-state index contributed by atoms with van der Waals surface area (Å²) >= 11 is 1.36. The third-order valence-electron chi connectivity index (χ3n) is 5.71. The van der Waals surface area contributed by atoms with E-state index in [9.17, 15) is 9.59 Å². The molecule has 26 heavy (non-hydrogen) atoms. The molecule has 1 fully saturated rings. The number of hydrogen-bond donors (Lipinski definition) is 1. The van der Waals surface area contributed by atoms with Crippen LogP contribution in [-0.2, 0) is 13.0 Å². The van der Waals surface area contributed by atoms with Gasteiger partial charge in [-0.05, 0) is 30.7 Å². The van der Waals surface area contributed by atoms with Gasteiger partial charge in [0.25, 0.3) is 11.5 Å². The molecule has 4 heterocycles. The van der Waals surface area contributed by atoms with Crippen molar-refractivity contribution in [3.05, 3.63) is 26.6 Å². The Morgan fingerprint density at radius 2 is 2.08 bits per heavy atom. The van der Waals surface area contributed by atoms with Gasteiger partial charge in [-0.2, -0.15) is 0 Å². The predicted molar refractivity (Wildman–Crippen MR) is 106 cm³/mol. The minimum atomic E-state index is -0.0997. The van der Waals surface area contributed by atoms with Crippen LogP contribution in [0, 0.1) is 12.3 Å². The van der Waals surface area contributed by atoms with Crippen molar-refractivity contribution >= 4 is 39.9 Å². The lowest BCUT2D eigenvalue weighted by atomic mass is 9.79. The van der Waals surface area contributed by atoms with E-state index in [1.54, 1.807) is 4.57 Å². The number of hydrogen-bond acceptors (Lipinski definition) is 5. The molecule has 2 aromatic heterocycles. The Morgan fingerprint density at radius 1 is 1.35 bits per heavy atom. The van der Waals surface area contributed by atoms with Crippen molar-refractivity contribution in [2.24, 2.45) is 11.1 Å². The highest BCUT2D eigenvalue weighted by molar-refractivity contribution is 7.20. The summed E-state index contributed by atoms with van der Waals surface area (Å²) in [7, 11) is 0. The van der Waals surface area contributed by atoms with Crippen LogP contribution >= 0.6 is 23.7 Å². The molecule has 2 N–H and O–H groups in total. The molecule has 4 rings (SSSR count). The lowest BCUT2D eigenvalue weighted by molar-refractivity contribution is 0.0537. The number of nitrogens with zero attached hydrogens (tertiary/aromatic N) is 3. The molecule has 0 saturated carbocycles. The summed E-state index contributed by atoms with van der Waals surface area (Å²) in [5.74, 6) is 0.855. The lowest BCUT2D eigenvalue weighted by Gasteiger charge is -2.42. The summed E-state index contributed by atoms with van der Waals surface area (Å²) in [6.07, 6.45) is 2.61. The second-order valence-corrected chi connectivity index (χ2v) is 8.93. The molecule has 2 aliphatic heterocycles.